The quantitative estimate of drug-likeness (QED) is 0.929. The lowest BCUT2D eigenvalue weighted by atomic mass is 10.2. The third-order valence-corrected chi connectivity index (χ3v) is 2.79. The van der Waals surface area contributed by atoms with Gasteiger partial charge in [-0.3, -0.25) is 9.69 Å². The van der Waals surface area contributed by atoms with Crippen LogP contribution in [0.1, 0.15) is 15.9 Å². The fourth-order valence-corrected chi connectivity index (χ4v) is 1.66. The van der Waals surface area contributed by atoms with E-state index in [1.807, 2.05) is 36.4 Å². The number of nitrogens with one attached hydrogen (secondary N) is 1. The van der Waals surface area contributed by atoms with Gasteiger partial charge in [-0.05, 0) is 17.7 Å². The summed E-state index contributed by atoms with van der Waals surface area (Å²) in [6, 6.07) is 17.6. The highest BCUT2D eigenvalue weighted by Crippen LogP contribution is 2.04. The van der Waals surface area contributed by atoms with Crippen molar-refractivity contribution in [2.24, 2.45) is 0 Å². The molecule has 0 aromatic heterocycles. The maximum Gasteiger partial charge on any atom is 0.324 e. The Morgan fingerprint density at radius 2 is 1.50 bits per heavy atom. The molecule has 0 spiro atoms. The van der Waals surface area contributed by atoms with Gasteiger partial charge in [0.25, 0.3) is 5.91 Å². The van der Waals surface area contributed by atoms with Gasteiger partial charge in [0.15, 0.2) is 0 Å². The first-order valence-corrected chi connectivity index (χ1v) is 6.20. The molecule has 0 aliphatic rings. The highest BCUT2D eigenvalue weighted by atomic mass is 16.2. The minimum Gasteiger partial charge on any atom is -0.328 e. The maximum absolute atomic E-state index is 12.0. The summed E-state index contributed by atoms with van der Waals surface area (Å²) in [5.41, 5.74) is 1.34. The molecule has 0 fully saturated rings. The van der Waals surface area contributed by atoms with Crippen molar-refractivity contribution in [3.05, 3.63) is 78.3 Å². The summed E-state index contributed by atoms with van der Waals surface area (Å²) in [5.74, 6) is -0.343. The average molecular weight is 267 g/mol. The second-order valence-corrected chi connectivity index (χ2v) is 4.23. The molecule has 1 radical (unpaired) electrons. The van der Waals surface area contributed by atoms with Gasteiger partial charge in [0.05, 0.1) is 6.54 Å². The van der Waals surface area contributed by atoms with Crippen molar-refractivity contribution in [3.8, 4) is 0 Å². The van der Waals surface area contributed by atoms with Gasteiger partial charge in [-0.25, -0.2) is 4.79 Å². The molecule has 101 valence electrons. The molecule has 2 rings (SSSR count). The van der Waals surface area contributed by atoms with Gasteiger partial charge in [0.1, 0.15) is 0 Å². The van der Waals surface area contributed by atoms with Crippen LogP contribution < -0.4 is 5.32 Å². The summed E-state index contributed by atoms with van der Waals surface area (Å²) < 4.78 is 0. The van der Waals surface area contributed by atoms with E-state index in [9.17, 15) is 9.59 Å². The zero-order chi connectivity index (χ0) is 14.4. The van der Waals surface area contributed by atoms with Crippen LogP contribution in [-0.2, 0) is 0 Å². The van der Waals surface area contributed by atoms with Crippen molar-refractivity contribution in [1.82, 2.24) is 10.2 Å². The number of nitrogens with zero attached hydrogens (tertiary/aromatic N) is 1. The highest BCUT2D eigenvalue weighted by Gasteiger charge is 2.17. The smallest absolute Gasteiger partial charge is 0.324 e. The summed E-state index contributed by atoms with van der Waals surface area (Å²) in [6.45, 7) is 1.57. The van der Waals surface area contributed by atoms with Gasteiger partial charge in [0, 0.05) is 12.6 Å². The Bertz CT molecular complexity index is 582. The molecule has 2 aromatic rings. The first-order chi connectivity index (χ1) is 9.68. The first kappa shape index (κ1) is 13.8. The van der Waals surface area contributed by atoms with Crippen molar-refractivity contribution in [3.63, 3.8) is 0 Å². The van der Waals surface area contributed by atoms with Crippen LogP contribution in [0.25, 0.3) is 0 Å². The third-order valence-electron chi connectivity index (χ3n) is 2.79. The molecule has 0 unspecified atom stereocenters. The normalized spacial score (nSPS) is 9.85. The predicted molar refractivity (Wildman–Crippen MR) is 76.9 cm³/mol. The number of amides is 3. The minimum absolute atomic E-state index is 0.343. The fourth-order valence-electron chi connectivity index (χ4n) is 1.66. The van der Waals surface area contributed by atoms with E-state index in [1.54, 1.807) is 30.8 Å². The summed E-state index contributed by atoms with van der Waals surface area (Å²) in [4.78, 5) is 25.0. The number of carbonyl (C=O) groups is 2. The molecule has 20 heavy (non-hydrogen) atoms. The van der Waals surface area contributed by atoms with Crippen molar-refractivity contribution in [2.75, 3.05) is 7.05 Å². The van der Waals surface area contributed by atoms with E-state index >= 15 is 0 Å². The van der Waals surface area contributed by atoms with E-state index in [2.05, 4.69) is 5.32 Å². The van der Waals surface area contributed by atoms with E-state index in [0.29, 0.717) is 5.56 Å². The fraction of sp³-hybridized carbons (Fsp3) is 0.0625. The Morgan fingerprint density at radius 1 is 0.950 bits per heavy atom. The molecule has 2 aromatic carbocycles. The number of rotatable bonds is 3. The molecule has 0 saturated heterocycles. The van der Waals surface area contributed by atoms with E-state index in [0.717, 1.165) is 10.5 Å². The number of hydrogen-bond donors (Lipinski definition) is 1. The van der Waals surface area contributed by atoms with Crippen LogP contribution >= 0.6 is 0 Å². The lowest BCUT2D eigenvalue weighted by Gasteiger charge is -2.16. The number of hydrogen-bond acceptors (Lipinski definition) is 2. The summed E-state index contributed by atoms with van der Waals surface area (Å²) in [5, 5.41) is 2.59. The van der Waals surface area contributed by atoms with Crippen LogP contribution in [0.4, 0.5) is 4.79 Å². The molecule has 0 atom stereocenters. The number of imide groups is 1. The third kappa shape index (κ3) is 3.45. The summed E-state index contributed by atoms with van der Waals surface area (Å²) in [6.07, 6.45) is 0. The van der Waals surface area contributed by atoms with Crippen LogP contribution in [0.2, 0.25) is 0 Å². The second kappa shape index (κ2) is 6.52. The average Bonchev–Trinajstić information content (AvgIpc) is 2.53. The molecular weight excluding hydrogens is 252 g/mol. The lowest BCUT2D eigenvalue weighted by Crippen LogP contribution is -2.40. The molecular formula is C16H15N2O2. The molecule has 4 nitrogen and oxygen atoms in total. The van der Waals surface area contributed by atoms with Gasteiger partial charge in [0.2, 0.25) is 0 Å². The summed E-state index contributed by atoms with van der Waals surface area (Å²) in [7, 11) is 1.45. The Hall–Kier alpha value is -2.62. The Morgan fingerprint density at radius 3 is 2.10 bits per heavy atom. The van der Waals surface area contributed by atoms with Gasteiger partial charge >= 0.3 is 6.03 Å². The topological polar surface area (TPSA) is 49.4 Å². The van der Waals surface area contributed by atoms with Crippen LogP contribution in [0.3, 0.4) is 0 Å². The Balaban J connectivity index is 1.94. The zero-order valence-electron chi connectivity index (χ0n) is 11.1. The van der Waals surface area contributed by atoms with Gasteiger partial charge in [-0.15, -0.1) is 0 Å². The number of carbonyl (C=O) groups excluding carboxylic acids is 2. The van der Waals surface area contributed by atoms with Crippen LogP contribution in [-0.4, -0.2) is 23.9 Å². The van der Waals surface area contributed by atoms with E-state index in [1.165, 1.54) is 7.05 Å². The Labute approximate surface area is 118 Å². The van der Waals surface area contributed by atoms with Crippen molar-refractivity contribution >= 4 is 11.9 Å². The van der Waals surface area contributed by atoms with Gasteiger partial charge < -0.3 is 5.32 Å². The van der Waals surface area contributed by atoms with E-state index in [4.69, 9.17) is 0 Å². The molecule has 1 N–H and O–H groups in total. The zero-order valence-corrected chi connectivity index (χ0v) is 11.1. The van der Waals surface area contributed by atoms with E-state index in [-0.39, 0.29) is 5.91 Å². The van der Waals surface area contributed by atoms with Crippen molar-refractivity contribution in [1.29, 1.82) is 0 Å². The van der Waals surface area contributed by atoms with Crippen LogP contribution in [0.5, 0.6) is 0 Å². The monoisotopic (exact) mass is 267 g/mol. The second-order valence-electron chi connectivity index (χ2n) is 4.23. The van der Waals surface area contributed by atoms with Crippen molar-refractivity contribution in [2.45, 2.75) is 0 Å². The predicted octanol–water partition coefficient (Wildman–Crippen LogP) is 2.68. The number of urea groups is 1. The molecule has 0 aliphatic carbocycles. The molecule has 3 amide bonds. The van der Waals surface area contributed by atoms with Gasteiger partial charge in [-0.2, -0.15) is 0 Å². The highest BCUT2D eigenvalue weighted by molar-refractivity contribution is 6.04. The maximum atomic E-state index is 12.0. The molecule has 0 bridgehead atoms. The molecule has 4 heteroatoms. The molecule has 0 aliphatic heterocycles. The SMILES string of the molecule is CN(C(=O)N[CH]c1ccccc1)C(=O)c1ccccc1. The largest absolute Gasteiger partial charge is 0.328 e. The standard InChI is InChI=1S/C16H15N2O2/c1-18(15(19)14-10-6-3-7-11-14)16(20)17-12-13-8-4-2-5-9-13/h2-12H,1H3,(H,17,20). The van der Waals surface area contributed by atoms with E-state index < -0.39 is 6.03 Å². The molecule has 0 saturated carbocycles. The minimum atomic E-state index is -0.470. The number of benzene rings is 2. The van der Waals surface area contributed by atoms with Crippen molar-refractivity contribution < 1.29 is 9.59 Å². The van der Waals surface area contributed by atoms with Crippen LogP contribution in [0.15, 0.2) is 60.7 Å². The molecule has 0 heterocycles. The summed E-state index contributed by atoms with van der Waals surface area (Å²) >= 11 is 0. The Kier molecular flexibility index (Phi) is 4.50. The van der Waals surface area contributed by atoms with Gasteiger partial charge in [-0.1, -0.05) is 48.5 Å². The lowest BCUT2D eigenvalue weighted by molar-refractivity contribution is 0.0833. The first-order valence-electron chi connectivity index (χ1n) is 6.20. The van der Waals surface area contributed by atoms with Crippen LogP contribution in [0, 0.1) is 6.54 Å².